The summed E-state index contributed by atoms with van der Waals surface area (Å²) in [5.74, 6) is 0.186. The second-order valence-corrected chi connectivity index (χ2v) is 7.18. The first kappa shape index (κ1) is 16.5. The van der Waals surface area contributed by atoms with Gasteiger partial charge in [-0.25, -0.2) is 8.42 Å². The first-order valence-electron chi connectivity index (χ1n) is 6.51. The number of rotatable bonds is 6. The van der Waals surface area contributed by atoms with Crippen LogP contribution in [0.5, 0.6) is 0 Å². The average Bonchev–Trinajstić information content (AvgIpc) is 2.32. The van der Waals surface area contributed by atoms with E-state index in [9.17, 15) is 8.42 Å². The summed E-state index contributed by atoms with van der Waals surface area (Å²) < 4.78 is 26.6. The van der Waals surface area contributed by atoms with Gasteiger partial charge < -0.3 is 5.73 Å². The molecule has 0 saturated heterocycles. The van der Waals surface area contributed by atoms with E-state index in [2.05, 4.69) is 0 Å². The van der Waals surface area contributed by atoms with Crippen LogP contribution in [-0.2, 0) is 10.0 Å². The molecule has 1 aromatic carbocycles. The molecule has 1 aromatic rings. The van der Waals surface area contributed by atoms with E-state index in [-0.39, 0.29) is 23.8 Å². The Balaban J connectivity index is 3.17. The molecule has 0 aliphatic heterocycles. The van der Waals surface area contributed by atoms with Crippen LogP contribution in [0.25, 0.3) is 0 Å². The highest BCUT2D eigenvalue weighted by molar-refractivity contribution is 7.89. The fraction of sp³-hybridized carbons (Fsp3) is 0.500. The lowest BCUT2D eigenvalue weighted by molar-refractivity contribution is 0.373. The van der Waals surface area contributed by atoms with Crippen LogP contribution in [0.15, 0.2) is 23.1 Å². The van der Waals surface area contributed by atoms with Crippen LogP contribution in [0, 0.1) is 24.2 Å². The van der Waals surface area contributed by atoms with Crippen molar-refractivity contribution < 1.29 is 8.42 Å². The highest BCUT2D eigenvalue weighted by atomic mass is 32.2. The van der Waals surface area contributed by atoms with Gasteiger partial charge >= 0.3 is 0 Å². The van der Waals surface area contributed by atoms with E-state index in [1.807, 2.05) is 19.9 Å². The Labute approximate surface area is 121 Å². The Kier molecular flexibility index (Phi) is 5.54. The molecule has 0 unspecified atom stereocenters. The third-order valence-electron chi connectivity index (χ3n) is 2.75. The lowest BCUT2D eigenvalue weighted by atomic mass is 10.2. The lowest BCUT2D eigenvalue weighted by Crippen LogP contribution is -2.35. The van der Waals surface area contributed by atoms with Crippen molar-refractivity contribution in [1.82, 2.24) is 4.31 Å². The molecular formula is C14H21N3O2S. The maximum atomic E-state index is 12.6. The molecule has 110 valence electrons. The molecule has 0 spiro atoms. The van der Waals surface area contributed by atoms with Gasteiger partial charge in [-0.2, -0.15) is 9.57 Å². The number of anilines is 1. The molecule has 0 amide bonds. The second-order valence-electron chi connectivity index (χ2n) is 5.24. The highest BCUT2D eigenvalue weighted by Crippen LogP contribution is 2.21. The third-order valence-corrected chi connectivity index (χ3v) is 4.60. The van der Waals surface area contributed by atoms with Crippen molar-refractivity contribution in [2.24, 2.45) is 5.92 Å². The van der Waals surface area contributed by atoms with E-state index in [4.69, 9.17) is 11.0 Å². The zero-order chi connectivity index (χ0) is 15.3. The molecule has 0 bridgehead atoms. The number of nitrogen functional groups attached to an aromatic ring is 1. The van der Waals surface area contributed by atoms with Gasteiger partial charge in [0.25, 0.3) is 0 Å². The van der Waals surface area contributed by atoms with Gasteiger partial charge in [0.2, 0.25) is 10.0 Å². The van der Waals surface area contributed by atoms with Crippen molar-refractivity contribution in [2.45, 2.75) is 32.1 Å². The maximum absolute atomic E-state index is 12.6. The van der Waals surface area contributed by atoms with Gasteiger partial charge in [0.1, 0.15) is 0 Å². The molecule has 6 heteroatoms. The molecule has 0 aliphatic rings. The summed E-state index contributed by atoms with van der Waals surface area (Å²) in [6.45, 7) is 6.28. The van der Waals surface area contributed by atoms with Crippen LogP contribution in [0.2, 0.25) is 0 Å². The standard InChI is InChI=1S/C14H21N3O2S/c1-11(2)10-17(6-4-5-15)20(18,19)14-8-12(3)7-13(16)9-14/h7-9,11H,4,6,10,16H2,1-3H3. The van der Waals surface area contributed by atoms with Crippen molar-refractivity contribution in [2.75, 3.05) is 18.8 Å². The SMILES string of the molecule is Cc1cc(N)cc(S(=O)(=O)N(CCC#N)CC(C)C)c1. The number of nitriles is 1. The van der Waals surface area contributed by atoms with Gasteiger partial charge in [-0.3, -0.25) is 0 Å². The first-order valence-corrected chi connectivity index (χ1v) is 7.95. The minimum Gasteiger partial charge on any atom is -0.399 e. The zero-order valence-corrected chi connectivity index (χ0v) is 12.9. The molecule has 0 atom stereocenters. The smallest absolute Gasteiger partial charge is 0.243 e. The van der Waals surface area contributed by atoms with Gasteiger partial charge in [-0.05, 0) is 36.6 Å². The summed E-state index contributed by atoms with van der Waals surface area (Å²) >= 11 is 0. The van der Waals surface area contributed by atoms with Crippen LogP contribution < -0.4 is 5.73 Å². The predicted octanol–water partition coefficient (Wildman–Crippen LogP) is 2.14. The highest BCUT2D eigenvalue weighted by Gasteiger charge is 2.25. The zero-order valence-electron chi connectivity index (χ0n) is 12.1. The van der Waals surface area contributed by atoms with E-state index >= 15 is 0 Å². The van der Waals surface area contributed by atoms with Crippen LogP contribution in [0.3, 0.4) is 0 Å². The van der Waals surface area contributed by atoms with E-state index in [1.54, 1.807) is 19.1 Å². The predicted molar refractivity (Wildman–Crippen MR) is 79.4 cm³/mol. The summed E-state index contributed by atoms with van der Waals surface area (Å²) in [6, 6.07) is 6.77. The number of hydrogen-bond acceptors (Lipinski definition) is 4. The van der Waals surface area contributed by atoms with Crippen molar-refractivity contribution in [3.05, 3.63) is 23.8 Å². The summed E-state index contributed by atoms with van der Waals surface area (Å²) in [6.07, 6.45) is 0.174. The average molecular weight is 295 g/mol. The van der Waals surface area contributed by atoms with Gasteiger partial charge in [0, 0.05) is 25.2 Å². The fourth-order valence-corrected chi connectivity index (χ4v) is 3.71. The Morgan fingerprint density at radius 2 is 2.00 bits per heavy atom. The number of sulfonamides is 1. The van der Waals surface area contributed by atoms with Gasteiger partial charge in [-0.15, -0.1) is 0 Å². The van der Waals surface area contributed by atoms with Crippen LogP contribution >= 0.6 is 0 Å². The third kappa shape index (κ3) is 4.22. The van der Waals surface area contributed by atoms with E-state index in [0.29, 0.717) is 12.2 Å². The first-order chi connectivity index (χ1) is 9.27. The lowest BCUT2D eigenvalue weighted by Gasteiger charge is -2.23. The Bertz CT molecular complexity index is 583. The number of benzene rings is 1. The van der Waals surface area contributed by atoms with Gasteiger partial charge in [0.15, 0.2) is 0 Å². The quantitative estimate of drug-likeness (QED) is 0.814. The minimum absolute atomic E-state index is 0.174. The Morgan fingerprint density at radius 1 is 1.35 bits per heavy atom. The molecule has 0 fully saturated rings. The molecule has 0 saturated carbocycles. The van der Waals surface area contributed by atoms with Crippen LogP contribution in [-0.4, -0.2) is 25.8 Å². The molecule has 0 aliphatic carbocycles. The fourth-order valence-electron chi connectivity index (χ4n) is 1.97. The summed E-state index contributed by atoms with van der Waals surface area (Å²) in [4.78, 5) is 0.189. The topological polar surface area (TPSA) is 87.2 Å². The second kappa shape index (κ2) is 6.73. The molecule has 5 nitrogen and oxygen atoms in total. The number of nitrogens with two attached hydrogens (primary N) is 1. The Hall–Kier alpha value is -1.58. The van der Waals surface area contributed by atoms with Crippen molar-refractivity contribution >= 4 is 15.7 Å². The molecule has 0 radical (unpaired) electrons. The van der Waals surface area contributed by atoms with Gasteiger partial charge in [-0.1, -0.05) is 13.8 Å². The molecular weight excluding hydrogens is 274 g/mol. The van der Waals surface area contributed by atoms with Gasteiger partial charge in [0.05, 0.1) is 11.0 Å². The minimum atomic E-state index is -3.61. The van der Waals surface area contributed by atoms with Crippen molar-refractivity contribution in [3.63, 3.8) is 0 Å². The number of aryl methyl sites for hydroxylation is 1. The molecule has 0 aromatic heterocycles. The number of nitrogens with zero attached hydrogens (tertiary/aromatic N) is 2. The summed E-state index contributed by atoms with van der Waals surface area (Å²) in [5, 5.41) is 8.68. The number of hydrogen-bond donors (Lipinski definition) is 1. The molecule has 20 heavy (non-hydrogen) atoms. The molecule has 0 heterocycles. The summed E-state index contributed by atoms with van der Waals surface area (Å²) in [5.41, 5.74) is 6.95. The molecule has 2 N–H and O–H groups in total. The van der Waals surface area contributed by atoms with Crippen LogP contribution in [0.4, 0.5) is 5.69 Å². The van der Waals surface area contributed by atoms with E-state index in [1.165, 1.54) is 10.4 Å². The Morgan fingerprint density at radius 3 is 2.50 bits per heavy atom. The van der Waals surface area contributed by atoms with E-state index < -0.39 is 10.0 Å². The summed E-state index contributed by atoms with van der Waals surface area (Å²) in [7, 11) is -3.61. The molecule has 1 rings (SSSR count). The normalized spacial score (nSPS) is 11.8. The maximum Gasteiger partial charge on any atom is 0.243 e. The van der Waals surface area contributed by atoms with Crippen molar-refractivity contribution in [1.29, 1.82) is 5.26 Å². The largest absolute Gasteiger partial charge is 0.399 e. The van der Waals surface area contributed by atoms with Crippen LogP contribution in [0.1, 0.15) is 25.8 Å². The monoisotopic (exact) mass is 295 g/mol. The van der Waals surface area contributed by atoms with Crippen molar-refractivity contribution in [3.8, 4) is 6.07 Å². The van der Waals surface area contributed by atoms with E-state index in [0.717, 1.165) is 5.56 Å².